The number of hydrogen-bond donors (Lipinski definition) is 0. The van der Waals surface area contributed by atoms with Gasteiger partial charge in [-0.3, -0.25) is 0 Å². The number of nitrogens with zero attached hydrogens (tertiary/aromatic N) is 1. The molecule has 4 aliphatic rings. The quantitative estimate of drug-likeness (QED) is 0.196. The topological polar surface area (TPSA) is 30.9 Å². The maximum absolute atomic E-state index is 16.1. The number of morpholine rings is 1. The highest BCUT2D eigenvalue weighted by Gasteiger charge is 2.50. The molecule has 1 saturated heterocycles. The highest BCUT2D eigenvalue weighted by atomic mass is 19.1. The minimum Gasteiger partial charge on any atom is -0.497 e. The highest BCUT2D eigenvalue weighted by Crippen LogP contribution is 2.62. The maximum atomic E-state index is 16.1. The van der Waals surface area contributed by atoms with E-state index in [1.165, 1.54) is 0 Å². The number of ether oxygens (including phenoxy) is 3. The van der Waals surface area contributed by atoms with Crippen molar-refractivity contribution in [3.8, 4) is 22.6 Å². The number of anilines is 1. The zero-order chi connectivity index (χ0) is 32.5. The summed E-state index contributed by atoms with van der Waals surface area (Å²) in [4.78, 5) is 2.35. The fourth-order valence-corrected chi connectivity index (χ4v) is 8.96. The first-order valence-corrected chi connectivity index (χ1v) is 17.1. The monoisotopic (exact) mass is 641 g/mol. The van der Waals surface area contributed by atoms with Crippen LogP contribution in [0.2, 0.25) is 0 Å². The fourth-order valence-electron chi connectivity index (χ4n) is 8.96. The molecule has 242 valence electrons. The van der Waals surface area contributed by atoms with Crippen molar-refractivity contribution in [3.63, 3.8) is 0 Å². The van der Waals surface area contributed by atoms with Gasteiger partial charge in [0, 0.05) is 57.9 Å². The molecule has 48 heavy (non-hydrogen) atoms. The van der Waals surface area contributed by atoms with Gasteiger partial charge < -0.3 is 19.1 Å². The second-order valence-electron chi connectivity index (χ2n) is 13.5. The van der Waals surface area contributed by atoms with Crippen LogP contribution in [0.4, 0.5) is 14.5 Å². The molecule has 1 unspecified atom stereocenters. The van der Waals surface area contributed by atoms with Gasteiger partial charge in [0.25, 0.3) is 0 Å². The summed E-state index contributed by atoms with van der Waals surface area (Å²) in [6.45, 7) is 3.16. The van der Waals surface area contributed by atoms with Gasteiger partial charge in [-0.05, 0) is 71.3 Å². The Bertz CT molecular complexity index is 2080. The van der Waals surface area contributed by atoms with Crippen molar-refractivity contribution < 1.29 is 23.0 Å². The molecule has 5 aromatic carbocycles. The Morgan fingerprint density at radius 2 is 1.46 bits per heavy atom. The van der Waals surface area contributed by atoms with Crippen molar-refractivity contribution in [2.45, 2.75) is 43.1 Å². The molecular formula is C42H37F2NO3. The van der Waals surface area contributed by atoms with E-state index in [1.54, 1.807) is 13.2 Å². The molecule has 1 saturated carbocycles. The normalized spacial score (nSPS) is 20.7. The van der Waals surface area contributed by atoms with Crippen LogP contribution in [-0.2, 0) is 15.8 Å². The SMILES string of the molecule is COc1ccc(C2(c3ccc(N4CCOCC4)cc3)C=Cc3c4c(c5ccccc5c3O2)-c2cc(F)cc(F)c2C42CCCCC2)cc1. The van der Waals surface area contributed by atoms with Crippen LogP contribution < -0.4 is 14.4 Å². The van der Waals surface area contributed by atoms with Crippen molar-refractivity contribution in [3.05, 3.63) is 130 Å². The largest absolute Gasteiger partial charge is 0.497 e. The zero-order valence-electron chi connectivity index (χ0n) is 27.0. The molecular weight excluding hydrogens is 604 g/mol. The average molecular weight is 642 g/mol. The molecule has 2 heterocycles. The van der Waals surface area contributed by atoms with Crippen LogP contribution in [0.3, 0.4) is 0 Å². The summed E-state index contributed by atoms with van der Waals surface area (Å²) in [6.07, 6.45) is 9.09. The summed E-state index contributed by atoms with van der Waals surface area (Å²) < 4.78 is 49.6. The average Bonchev–Trinajstić information content (AvgIpc) is 3.41. The molecule has 0 amide bonds. The summed E-state index contributed by atoms with van der Waals surface area (Å²) in [7, 11) is 1.67. The van der Waals surface area contributed by atoms with Crippen LogP contribution >= 0.6 is 0 Å². The number of fused-ring (bicyclic) bond motifs is 10. The first-order valence-electron chi connectivity index (χ1n) is 17.1. The molecule has 2 fully saturated rings. The molecule has 6 heteroatoms. The number of hydrogen-bond acceptors (Lipinski definition) is 4. The minimum atomic E-state index is -0.942. The van der Waals surface area contributed by atoms with Gasteiger partial charge in [-0.25, -0.2) is 8.78 Å². The summed E-state index contributed by atoms with van der Waals surface area (Å²) in [6, 6.07) is 27.5. The van der Waals surface area contributed by atoms with Gasteiger partial charge in [0.2, 0.25) is 0 Å². The van der Waals surface area contributed by atoms with E-state index in [-0.39, 0.29) is 0 Å². The number of rotatable bonds is 4. The molecule has 0 radical (unpaired) electrons. The van der Waals surface area contributed by atoms with E-state index in [1.807, 2.05) is 24.3 Å². The third-order valence-corrected chi connectivity index (χ3v) is 11.1. The Labute approximate surface area is 279 Å². The third kappa shape index (κ3) is 4.28. The fraction of sp³-hybridized carbons (Fsp3) is 0.286. The molecule has 5 aromatic rings. The smallest absolute Gasteiger partial charge is 0.178 e. The Balaban J connectivity index is 1.29. The van der Waals surface area contributed by atoms with Gasteiger partial charge in [0.1, 0.15) is 23.1 Å². The van der Waals surface area contributed by atoms with Crippen molar-refractivity contribution in [1.82, 2.24) is 0 Å². The Kier molecular flexibility index (Phi) is 6.87. The molecule has 2 aliphatic heterocycles. The van der Waals surface area contributed by atoms with Crippen molar-refractivity contribution in [1.29, 1.82) is 0 Å². The molecule has 1 atom stereocenters. The van der Waals surface area contributed by atoms with Gasteiger partial charge in [-0.1, -0.05) is 73.9 Å². The predicted molar refractivity (Wildman–Crippen MR) is 186 cm³/mol. The van der Waals surface area contributed by atoms with Gasteiger partial charge in [0.15, 0.2) is 5.60 Å². The van der Waals surface area contributed by atoms with E-state index in [4.69, 9.17) is 14.2 Å². The summed E-state index contributed by atoms with van der Waals surface area (Å²) in [5, 5.41) is 1.89. The van der Waals surface area contributed by atoms with E-state index in [0.29, 0.717) is 11.1 Å². The summed E-state index contributed by atoms with van der Waals surface area (Å²) in [5.41, 5.74) is 5.97. The summed E-state index contributed by atoms with van der Waals surface area (Å²) >= 11 is 0. The Hall–Kier alpha value is -4.68. The minimum absolute atomic E-state index is 0.449. The molecule has 0 bridgehead atoms. The van der Waals surface area contributed by atoms with Crippen LogP contribution in [0.5, 0.6) is 11.5 Å². The lowest BCUT2D eigenvalue weighted by atomic mass is 9.66. The van der Waals surface area contributed by atoms with E-state index in [2.05, 4.69) is 65.6 Å². The Morgan fingerprint density at radius 1 is 0.771 bits per heavy atom. The van der Waals surface area contributed by atoms with Gasteiger partial charge in [-0.15, -0.1) is 0 Å². The van der Waals surface area contributed by atoms with Gasteiger partial charge >= 0.3 is 0 Å². The molecule has 0 aromatic heterocycles. The van der Waals surface area contributed by atoms with Crippen molar-refractivity contribution >= 4 is 22.5 Å². The molecule has 9 rings (SSSR count). The maximum Gasteiger partial charge on any atom is 0.178 e. The van der Waals surface area contributed by atoms with E-state index >= 15 is 4.39 Å². The summed E-state index contributed by atoms with van der Waals surface area (Å²) in [5.74, 6) is 0.553. The second-order valence-corrected chi connectivity index (χ2v) is 13.5. The molecule has 2 aliphatic carbocycles. The van der Waals surface area contributed by atoms with Crippen molar-refractivity contribution in [2.24, 2.45) is 0 Å². The van der Waals surface area contributed by atoms with Crippen LogP contribution in [0.25, 0.3) is 28.0 Å². The second kappa shape index (κ2) is 11.2. The van der Waals surface area contributed by atoms with Crippen LogP contribution in [0.15, 0.2) is 91.0 Å². The number of methoxy groups -OCH3 is 1. The van der Waals surface area contributed by atoms with E-state index < -0.39 is 22.7 Å². The molecule has 1 spiro atoms. The van der Waals surface area contributed by atoms with E-state index in [9.17, 15) is 4.39 Å². The molecule has 0 N–H and O–H groups in total. The number of halogens is 2. The highest BCUT2D eigenvalue weighted by molar-refractivity contribution is 6.08. The first kappa shape index (κ1) is 29.5. The van der Waals surface area contributed by atoms with Crippen molar-refractivity contribution in [2.75, 3.05) is 38.3 Å². The van der Waals surface area contributed by atoms with E-state index in [0.717, 1.165) is 120 Å². The number of benzene rings is 5. The first-order chi connectivity index (χ1) is 23.5. The van der Waals surface area contributed by atoms with Crippen LogP contribution in [-0.4, -0.2) is 33.4 Å². The standard InChI is InChI=1S/C42H37F2NO3/c1-46-31-15-11-28(12-16-31)42(27-9-13-30(14-10-27)45-21-23-47-24-22-45)20-17-34-39-37(32-7-3-4-8-33(32)40(34)48-42)35-25-29(43)26-36(44)38(35)41(39)18-5-2-6-19-41/h3-4,7-17,20,25-26H,2,5-6,18-19,21-24H2,1H3. The molecule has 4 nitrogen and oxygen atoms in total. The van der Waals surface area contributed by atoms with Crippen LogP contribution in [0.1, 0.15) is 59.9 Å². The lowest BCUT2D eigenvalue weighted by molar-refractivity contribution is 0.122. The lowest BCUT2D eigenvalue weighted by Gasteiger charge is -2.41. The van der Waals surface area contributed by atoms with Crippen LogP contribution in [0, 0.1) is 11.6 Å². The zero-order valence-corrected chi connectivity index (χ0v) is 27.0. The van der Waals surface area contributed by atoms with Gasteiger partial charge in [0.05, 0.1) is 20.3 Å². The lowest BCUT2D eigenvalue weighted by Crippen LogP contribution is -2.37. The van der Waals surface area contributed by atoms with Gasteiger partial charge in [-0.2, -0.15) is 0 Å². The Morgan fingerprint density at radius 3 is 2.17 bits per heavy atom. The predicted octanol–water partition coefficient (Wildman–Crippen LogP) is 9.54. The third-order valence-electron chi connectivity index (χ3n) is 11.1.